The fourth-order valence-corrected chi connectivity index (χ4v) is 2.33. The van der Waals surface area contributed by atoms with E-state index in [1.165, 1.54) is 6.42 Å². The Labute approximate surface area is 108 Å². The Kier molecular flexibility index (Phi) is 3.97. The highest BCUT2D eigenvalue weighted by Crippen LogP contribution is 2.40. The summed E-state index contributed by atoms with van der Waals surface area (Å²) in [4.78, 5) is 0. The Morgan fingerprint density at radius 2 is 1.61 bits per heavy atom. The average molecular weight is 251 g/mol. The molecule has 0 aromatic heterocycles. The van der Waals surface area contributed by atoms with Crippen LogP contribution in [-0.4, -0.2) is 26.4 Å². The van der Waals surface area contributed by atoms with E-state index in [0.717, 1.165) is 36.5 Å². The normalized spacial score (nSPS) is 16.8. The van der Waals surface area contributed by atoms with E-state index >= 15 is 0 Å². The summed E-state index contributed by atoms with van der Waals surface area (Å²) >= 11 is 0. The fourth-order valence-electron chi connectivity index (χ4n) is 2.33. The molecule has 100 valence electrons. The van der Waals surface area contributed by atoms with Gasteiger partial charge < -0.3 is 19.9 Å². The van der Waals surface area contributed by atoms with Gasteiger partial charge in [-0.25, -0.2) is 0 Å². The lowest BCUT2D eigenvalue weighted by Crippen LogP contribution is -2.44. The maximum Gasteiger partial charge on any atom is 0.127 e. The standard InChI is InChI=1S/C14H21NO3/c1-16-11-8-12(17-2)10-13(9-11)18-14(6-7-15)4-3-5-14/h8-10H,3-7,15H2,1-2H3. The smallest absolute Gasteiger partial charge is 0.127 e. The van der Waals surface area contributed by atoms with E-state index in [-0.39, 0.29) is 5.60 Å². The van der Waals surface area contributed by atoms with Gasteiger partial charge in [-0.1, -0.05) is 0 Å². The van der Waals surface area contributed by atoms with Crippen LogP contribution in [0.5, 0.6) is 17.2 Å². The third-order valence-electron chi connectivity index (χ3n) is 3.52. The minimum absolute atomic E-state index is 0.0773. The van der Waals surface area contributed by atoms with Crippen molar-refractivity contribution in [2.24, 2.45) is 5.73 Å². The molecule has 0 saturated heterocycles. The number of benzene rings is 1. The van der Waals surface area contributed by atoms with Crippen LogP contribution in [0.15, 0.2) is 18.2 Å². The molecule has 1 aliphatic rings. The highest BCUT2D eigenvalue weighted by molar-refractivity contribution is 5.42. The molecule has 1 fully saturated rings. The summed E-state index contributed by atoms with van der Waals surface area (Å²) < 4.78 is 16.6. The maximum absolute atomic E-state index is 6.12. The molecule has 1 saturated carbocycles. The molecular formula is C14H21NO3. The van der Waals surface area contributed by atoms with E-state index in [1.807, 2.05) is 18.2 Å². The number of nitrogens with two attached hydrogens (primary N) is 1. The van der Waals surface area contributed by atoms with Gasteiger partial charge in [-0.3, -0.25) is 0 Å². The molecule has 2 rings (SSSR count). The molecule has 0 heterocycles. The molecule has 0 atom stereocenters. The molecule has 0 bridgehead atoms. The number of methoxy groups -OCH3 is 2. The van der Waals surface area contributed by atoms with Crippen molar-refractivity contribution >= 4 is 0 Å². The van der Waals surface area contributed by atoms with Crippen LogP contribution in [0.3, 0.4) is 0 Å². The number of ether oxygens (including phenoxy) is 3. The van der Waals surface area contributed by atoms with Gasteiger partial charge in [-0.2, -0.15) is 0 Å². The highest BCUT2D eigenvalue weighted by atomic mass is 16.5. The van der Waals surface area contributed by atoms with E-state index < -0.39 is 0 Å². The van der Waals surface area contributed by atoms with Crippen LogP contribution in [0.2, 0.25) is 0 Å². The SMILES string of the molecule is COc1cc(OC)cc(OC2(CCN)CCC2)c1. The topological polar surface area (TPSA) is 53.7 Å². The van der Waals surface area contributed by atoms with Crippen LogP contribution in [-0.2, 0) is 0 Å². The summed E-state index contributed by atoms with van der Waals surface area (Å²) in [6.07, 6.45) is 4.25. The van der Waals surface area contributed by atoms with Crippen molar-refractivity contribution in [1.82, 2.24) is 0 Å². The van der Waals surface area contributed by atoms with Crippen LogP contribution in [0.1, 0.15) is 25.7 Å². The lowest BCUT2D eigenvalue weighted by atomic mass is 9.77. The molecule has 4 heteroatoms. The Balaban J connectivity index is 2.17. The van der Waals surface area contributed by atoms with Gasteiger partial charge in [-0.15, -0.1) is 0 Å². The first kappa shape index (κ1) is 13.0. The first-order valence-corrected chi connectivity index (χ1v) is 6.33. The number of rotatable bonds is 6. The van der Waals surface area contributed by atoms with Crippen molar-refractivity contribution in [1.29, 1.82) is 0 Å². The van der Waals surface area contributed by atoms with Crippen LogP contribution in [0.4, 0.5) is 0 Å². The number of hydrogen-bond donors (Lipinski definition) is 1. The second-order valence-electron chi connectivity index (χ2n) is 4.73. The second-order valence-corrected chi connectivity index (χ2v) is 4.73. The Morgan fingerprint density at radius 3 is 2.00 bits per heavy atom. The molecular weight excluding hydrogens is 230 g/mol. The summed E-state index contributed by atoms with van der Waals surface area (Å²) in [5.41, 5.74) is 5.58. The van der Waals surface area contributed by atoms with Crippen LogP contribution in [0.25, 0.3) is 0 Å². The third-order valence-corrected chi connectivity index (χ3v) is 3.52. The van der Waals surface area contributed by atoms with Gasteiger partial charge in [0.25, 0.3) is 0 Å². The highest BCUT2D eigenvalue weighted by Gasteiger charge is 2.38. The lowest BCUT2D eigenvalue weighted by Gasteiger charge is -2.42. The largest absolute Gasteiger partial charge is 0.496 e. The van der Waals surface area contributed by atoms with Gasteiger partial charge in [0.05, 0.1) is 14.2 Å². The summed E-state index contributed by atoms with van der Waals surface area (Å²) in [5, 5.41) is 0. The van der Waals surface area contributed by atoms with Gasteiger partial charge in [0, 0.05) is 18.2 Å². The summed E-state index contributed by atoms with van der Waals surface area (Å²) in [6, 6.07) is 5.61. The van der Waals surface area contributed by atoms with E-state index in [9.17, 15) is 0 Å². The summed E-state index contributed by atoms with van der Waals surface area (Å²) in [6.45, 7) is 0.654. The van der Waals surface area contributed by atoms with E-state index in [0.29, 0.717) is 6.54 Å². The van der Waals surface area contributed by atoms with Crippen LogP contribution in [0, 0.1) is 0 Å². The molecule has 1 aliphatic carbocycles. The maximum atomic E-state index is 6.12. The average Bonchev–Trinajstić information content (AvgIpc) is 2.35. The second kappa shape index (κ2) is 5.48. The predicted octanol–water partition coefficient (Wildman–Crippen LogP) is 2.35. The van der Waals surface area contributed by atoms with Gasteiger partial charge in [0.15, 0.2) is 0 Å². The van der Waals surface area contributed by atoms with Gasteiger partial charge >= 0.3 is 0 Å². The lowest BCUT2D eigenvalue weighted by molar-refractivity contribution is -0.0127. The first-order valence-electron chi connectivity index (χ1n) is 6.33. The van der Waals surface area contributed by atoms with Gasteiger partial charge in [-0.05, 0) is 32.2 Å². The van der Waals surface area contributed by atoms with Crippen LogP contribution >= 0.6 is 0 Å². The summed E-state index contributed by atoms with van der Waals surface area (Å²) in [5.74, 6) is 2.28. The zero-order valence-electron chi connectivity index (χ0n) is 11.1. The van der Waals surface area contributed by atoms with Crippen molar-refractivity contribution in [2.75, 3.05) is 20.8 Å². The molecule has 0 unspecified atom stereocenters. The molecule has 0 radical (unpaired) electrons. The van der Waals surface area contributed by atoms with Crippen LogP contribution < -0.4 is 19.9 Å². The molecule has 1 aromatic rings. The zero-order valence-corrected chi connectivity index (χ0v) is 11.1. The molecule has 18 heavy (non-hydrogen) atoms. The van der Waals surface area contributed by atoms with Crippen molar-refractivity contribution in [3.63, 3.8) is 0 Å². The molecule has 0 amide bonds. The van der Waals surface area contributed by atoms with E-state index in [2.05, 4.69) is 0 Å². The third kappa shape index (κ3) is 2.70. The fraction of sp³-hybridized carbons (Fsp3) is 0.571. The molecule has 1 aromatic carbocycles. The molecule has 0 spiro atoms. The minimum atomic E-state index is -0.0773. The predicted molar refractivity (Wildman–Crippen MR) is 70.4 cm³/mol. The van der Waals surface area contributed by atoms with Gasteiger partial charge in [0.1, 0.15) is 22.8 Å². The van der Waals surface area contributed by atoms with Crippen molar-refractivity contribution in [3.05, 3.63) is 18.2 Å². The van der Waals surface area contributed by atoms with E-state index in [1.54, 1.807) is 14.2 Å². The number of hydrogen-bond acceptors (Lipinski definition) is 4. The minimum Gasteiger partial charge on any atom is -0.496 e. The molecule has 4 nitrogen and oxygen atoms in total. The van der Waals surface area contributed by atoms with Crippen molar-refractivity contribution in [3.8, 4) is 17.2 Å². The quantitative estimate of drug-likeness (QED) is 0.843. The van der Waals surface area contributed by atoms with Gasteiger partial charge in [0.2, 0.25) is 0 Å². The van der Waals surface area contributed by atoms with Crippen molar-refractivity contribution < 1.29 is 14.2 Å². The monoisotopic (exact) mass is 251 g/mol. The Morgan fingerprint density at radius 1 is 1.06 bits per heavy atom. The van der Waals surface area contributed by atoms with Crippen molar-refractivity contribution in [2.45, 2.75) is 31.3 Å². The Hall–Kier alpha value is -1.42. The molecule has 0 aliphatic heterocycles. The first-order chi connectivity index (χ1) is 8.71. The Bertz CT molecular complexity index is 380. The van der Waals surface area contributed by atoms with E-state index in [4.69, 9.17) is 19.9 Å². The molecule has 2 N–H and O–H groups in total. The summed E-state index contributed by atoms with van der Waals surface area (Å²) in [7, 11) is 3.27. The zero-order chi connectivity index (χ0) is 13.0.